The number of amides is 1. The molecule has 0 saturated carbocycles. The summed E-state index contributed by atoms with van der Waals surface area (Å²) >= 11 is 0. The number of hydrogen-bond acceptors (Lipinski definition) is 6. The van der Waals surface area contributed by atoms with Gasteiger partial charge in [-0.05, 0) is 17.7 Å². The molecule has 22 heavy (non-hydrogen) atoms. The maximum atomic E-state index is 11.5. The number of non-ortho nitro benzene ring substituents is 1. The van der Waals surface area contributed by atoms with Crippen molar-refractivity contribution in [2.45, 2.75) is 32.4 Å². The largest absolute Gasteiger partial charge is 0.464 e. The number of nitro groups is 1. The van der Waals surface area contributed by atoms with Crippen molar-refractivity contribution < 1.29 is 24.4 Å². The standard InChI is InChI=1S/C14H18N2O6/c1-3-13(18)15-12(8-22-9(2)17)14(19)10-4-6-11(7-5-10)16(20)21/h4-7,12,14,19H,3,8H2,1-2H3,(H,15,18)/t12-,14+/m0/s1. The van der Waals surface area contributed by atoms with Crippen molar-refractivity contribution in [3.05, 3.63) is 39.9 Å². The quantitative estimate of drug-likeness (QED) is 0.442. The number of benzene rings is 1. The highest BCUT2D eigenvalue weighted by molar-refractivity contribution is 5.76. The van der Waals surface area contributed by atoms with E-state index in [0.717, 1.165) is 0 Å². The van der Waals surface area contributed by atoms with E-state index < -0.39 is 23.0 Å². The van der Waals surface area contributed by atoms with Crippen LogP contribution >= 0.6 is 0 Å². The molecule has 2 atom stereocenters. The summed E-state index contributed by atoms with van der Waals surface area (Å²) in [6, 6.07) is 4.45. The maximum Gasteiger partial charge on any atom is 0.302 e. The van der Waals surface area contributed by atoms with Crippen LogP contribution in [0.4, 0.5) is 5.69 Å². The normalized spacial score (nSPS) is 13.0. The van der Waals surface area contributed by atoms with Gasteiger partial charge in [0.2, 0.25) is 5.91 Å². The van der Waals surface area contributed by atoms with Gasteiger partial charge in [-0.3, -0.25) is 19.7 Å². The van der Waals surface area contributed by atoms with Crippen LogP contribution in [0.15, 0.2) is 24.3 Å². The SMILES string of the molecule is CCC(=O)N[C@@H](COC(C)=O)[C@H](O)c1ccc([N+](=O)[O-])cc1. The van der Waals surface area contributed by atoms with Gasteiger partial charge in [-0.25, -0.2) is 0 Å². The molecule has 8 nitrogen and oxygen atoms in total. The Bertz CT molecular complexity index is 543. The van der Waals surface area contributed by atoms with Gasteiger partial charge in [0.15, 0.2) is 0 Å². The van der Waals surface area contributed by atoms with Crippen molar-refractivity contribution >= 4 is 17.6 Å². The minimum atomic E-state index is -1.16. The van der Waals surface area contributed by atoms with E-state index in [1.54, 1.807) is 6.92 Å². The van der Waals surface area contributed by atoms with Gasteiger partial charge in [-0.1, -0.05) is 6.92 Å². The highest BCUT2D eigenvalue weighted by Gasteiger charge is 2.24. The Morgan fingerprint density at radius 3 is 2.41 bits per heavy atom. The second kappa shape index (κ2) is 8.08. The van der Waals surface area contributed by atoms with Gasteiger partial charge in [-0.15, -0.1) is 0 Å². The predicted octanol–water partition coefficient (Wildman–Crippen LogP) is 1.09. The molecule has 0 aliphatic carbocycles. The van der Waals surface area contributed by atoms with Crippen molar-refractivity contribution in [2.75, 3.05) is 6.61 Å². The lowest BCUT2D eigenvalue weighted by Crippen LogP contribution is -2.42. The Balaban J connectivity index is 2.88. The lowest BCUT2D eigenvalue weighted by molar-refractivity contribution is -0.384. The molecule has 0 bridgehead atoms. The Hall–Kier alpha value is -2.48. The third kappa shape index (κ3) is 5.13. The fourth-order valence-corrected chi connectivity index (χ4v) is 1.75. The summed E-state index contributed by atoms with van der Waals surface area (Å²) in [5.41, 5.74) is 0.268. The van der Waals surface area contributed by atoms with Crippen molar-refractivity contribution in [1.82, 2.24) is 5.32 Å². The van der Waals surface area contributed by atoms with Gasteiger partial charge in [0.25, 0.3) is 5.69 Å². The monoisotopic (exact) mass is 310 g/mol. The third-order valence-corrected chi connectivity index (χ3v) is 2.96. The second-order valence-electron chi connectivity index (χ2n) is 4.62. The molecule has 1 aromatic carbocycles. The molecule has 0 unspecified atom stereocenters. The Morgan fingerprint density at radius 2 is 1.95 bits per heavy atom. The number of nitrogens with zero attached hydrogens (tertiary/aromatic N) is 1. The van der Waals surface area contributed by atoms with E-state index in [2.05, 4.69) is 5.32 Å². The van der Waals surface area contributed by atoms with Crippen LogP contribution in [-0.4, -0.2) is 34.6 Å². The fraction of sp³-hybridized carbons (Fsp3) is 0.429. The molecule has 0 aromatic heterocycles. The number of aliphatic hydroxyl groups is 1. The van der Waals surface area contributed by atoms with Crippen molar-refractivity contribution in [3.63, 3.8) is 0 Å². The first-order valence-corrected chi connectivity index (χ1v) is 6.70. The van der Waals surface area contributed by atoms with Crippen LogP contribution in [0.25, 0.3) is 0 Å². The fourth-order valence-electron chi connectivity index (χ4n) is 1.75. The van der Waals surface area contributed by atoms with Gasteiger partial charge < -0.3 is 15.2 Å². The molecule has 120 valence electrons. The number of esters is 1. The minimum Gasteiger partial charge on any atom is -0.464 e. The van der Waals surface area contributed by atoms with E-state index in [0.29, 0.717) is 5.56 Å². The number of nitrogens with one attached hydrogen (secondary N) is 1. The molecule has 1 rings (SSSR count). The van der Waals surface area contributed by atoms with Gasteiger partial charge in [0.1, 0.15) is 12.7 Å². The first kappa shape index (κ1) is 17.6. The summed E-state index contributed by atoms with van der Waals surface area (Å²) in [6.07, 6.45) is -0.945. The topological polar surface area (TPSA) is 119 Å². The van der Waals surface area contributed by atoms with Crippen molar-refractivity contribution in [1.29, 1.82) is 0 Å². The van der Waals surface area contributed by atoms with E-state index in [9.17, 15) is 24.8 Å². The summed E-state index contributed by atoms with van der Waals surface area (Å²) in [5, 5.41) is 23.5. The molecular formula is C14H18N2O6. The number of nitro benzene ring substituents is 1. The summed E-state index contributed by atoms with van der Waals surface area (Å²) in [5.74, 6) is -0.843. The highest BCUT2D eigenvalue weighted by atomic mass is 16.6. The lowest BCUT2D eigenvalue weighted by Gasteiger charge is -2.23. The maximum absolute atomic E-state index is 11.5. The van der Waals surface area contributed by atoms with E-state index >= 15 is 0 Å². The number of aliphatic hydroxyl groups excluding tert-OH is 1. The second-order valence-corrected chi connectivity index (χ2v) is 4.62. The Labute approximate surface area is 127 Å². The zero-order chi connectivity index (χ0) is 16.7. The lowest BCUT2D eigenvalue weighted by atomic mass is 10.0. The van der Waals surface area contributed by atoms with Crippen molar-refractivity contribution in [3.8, 4) is 0 Å². The summed E-state index contributed by atoms with van der Waals surface area (Å²) in [6.45, 7) is 2.67. The molecule has 8 heteroatoms. The molecule has 0 saturated heterocycles. The highest BCUT2D eigenvalue weighted by Crippen LogP contribution is 2.21. The van der Waals surface area contributed by atoms with Crippen LogP contribution in [0.1, 0.15) is 31.9 Å². The zero-order valence-electron chi connectivity index (χ0n) is 12.3. The molecule has 0 spiro atoms. The van der Waals surface area contributed by atoms with Gasteiger partial charge >= 0.3 is 5.97 Å². The average Bonchev–Trinajstić information content (AvgIpc) is 2.50. The van der Waals surface area contributed by atoms with Crippen LogP contribution in [0.3, 0.4) is 0 Å². The van der Waals surface area contributed by atoms with E-state index in [1.807, 2.05) is 0 Å². The number of hydrogen-bond donors (Lipinski definition) is 2. The average molecular weight is 310 g/mol. The first-order chi connectivity index (χ1) is 10.3. The Morgan fingerprint density at radius 1 is 1.36 bits per heavy atom. The number of ether oxygens (including phenoxy) is 1. The molecule has 0 fully saturated rings. The summed E-state index contributed by atoms with van der Waals surface area (Å²) < 4.78 is 4.83. The van der Waals surface area contributed by atoms with E-state index in [1.165, 1.54) is 31.2 Å². The minimum absolute atomic E-state index is 0.106. The first-order valence-electron chi connectivity index (χ1n) is 6.70. The van der Waals surface area contributed by atoms with Crippen LogP contribution < -0.4 is 5.32 Å². The molecular weight excluding hydrogens is 292 g/mol. The van der Waals surface area contributed by atoms with E-state index in [-0.39, 0.29) is 24.6 Å². The Kier molecular flexibility index (Phi) is 6.46. The molecule has 1 aromatic rings. The van der Waals surface area contributed by atoms with Crippen LogP contribution in [0.5, 0.6) is 0 Å². The summed E-state index contributed by atoms with van der Waals surface area (Å²) in [7, 11) is 0. The molecule has 0 aliphatic heterocycles. The molecule has 0 heterocycles. The summed E-state index contributed by atoms with van der Waals surface area (Å²) in [4.78, 5) is 32.4. The number of rotatable bonds is 7. The van der Waals surface area contributed by atoms with Crippen LogP contribution in [-0.2, 0) is 14.3 Å². The predicted molar refractivity (Wildman–Crippen MR) is 76.9 cm³/mol. The van der Waals surface area contributed by atoms with Gasteiger partial charge in [0.05, 0.1) is 11.0 Å². The molecule has 0 radical (unpaired) electrons. The molecule has 2 N–H and O–H groups in total. The molecule has 1 amide bonds. The van der Waals surface area contributed by atoms with Crippen LogP contribution in [0, 0.1) is 10.1 Å². The number of carbonyl (C=O) groups excluding carboxylic acids is 2. The van der Waals surface area contributed by atoms with E-state index in [4.69, 9.17) is 4.74 Å². The van der Waals surface area contributed by atoms with Crippen molar-refractivity contribution in [2.24, 2.45) is 0 Å². The third-order valence-electron chi connectivity index (χ3n) is 2.96. The van der Waals surface area contributed by atoms with Gasteiger partial charge in [0, 0.05) is 25.5 Å². The number of carbonyl (C=O) groups is 2. The smallest absolute Gasteiger partial charge is 0.302 e. The van der Waals surface area contributed by atoms with Gasteiger partial charge in [-0.2, -0.15) is 0 Å². The molecule has 0 aliphatic rings. The zero-order valence-corrected chi connectivity index (χ0v) is 12.3. The van der Waals surface area contributed by atoms with Crippen LogP contribution in [0.2, 0.25) is 0 Å².